The zero-order valence-corrected chi connectivity index (χ0v) is 16.6. The van der Waals surface area contributed by atoms with E-state index in [2.05, 4.69) is 47.5 Å². The van der Waals surface area contributed by atoms with Crippen molar-refractivity contribution in [1.82, 2.24) is 15.2 Å². The number of nitrogens with one attached hydrogen (secondary N) is 1. The van der Waals surface area contributed by atoms with E-state index >= 15 is 0 Å². The van der Waals surface area contributed by atoms with E-state index in [4.69, 9.17) is 0 Å². The van der Waals surface area contributed by atoms with Crippen molar-refractivity contribution in [2.75, 3.05) is 0 Å². The number of amides is 1. The standard InChI is InChI=1S/C18H14Br2N4O2/c19-14-6-4-12(5-7-14)10-24-11-16(20)17(23-24)18(26)22-21-9-13-2-1-3-15(25)8-13/h1-9,11,25H,10H2,(H,22,26)/b21-9+. The molecule has 0 fully saturated rings. The molecule has 0 saturated heterocycles. The number of carbonyl (C=O) groups is 1. The highest BCUT2D eigenvalue weighted by molar-refractivity contribution is 9.10. The molecule has 8 heteroatoms. The molecule has 0 aliphatic carbocycles. The SMILES string of the molecule is O=C(N/N=C/c1cccc(O)c1)c1nn(Cc2ccc(Br)cc2)cc1Br. The average Bonchev–Trinajstić information content (AvgIpc) is 2.97. The van der Waals surface area contributed by atoms with Gasteiger partial charge in [0.15, 0.2) is 5.69 Å². The number of hydrazone groups is 1. The molecule has 0 radical (unpaired) electrons. The van der Waals surface area contributed by atoms with Crippen molar-refractivity contribution in [2.45, 2.75) is 6.54 Å². The van der Waals surface area contributed by atoms with E-state index in [1.807, 2.05) is 24.3 Å². The molecule has 1 aromatic heterocycles. The minimum absolute atomic E-state index is 0.134. The highest BCUT2D eigenvalue weighted by Crippen LogP contribution is 2.17. The third-order valence-corrected chi connectivity index (χ3v) is 4.55. The van der Waals surface area contributed by atoms with Gasteiger partial charge in [-0.25, -0.2) is 5.43 Å². The summed E-state index contributed by atoms with van der Waals surface area (Å²) in [7, 11) is 0. The topological polar surface area (TPSA) is 79.5 Å². The molecule has 6 nitrogen and oxygen atoms in total. The lowest BCUT2D eigenvalue weighted by atomic mass is 10.2. The fourth-order valence-electron chi connectivity index (χ4n) is 2.23. The summed E-state index contributed by atoms with van der Waals surface area (Å²) < 4.78 is 3.27. The number of phenolic OH excluding ortho intramolecular Hbond substituents is 1. The Bertz CT molecular complexity index is 952. The van der Waals surface area contributed by atoms with Gasteiger partial charge in [0.2, 0.25) is 0 Å². The molecule has 132 valence electrons. The van der Waals surface area contributed by atoms with E-state index in [0.29, 0.717) is 16.6 Å². The predicted octanol–water partition coefficient (Wildman–Crippen LogP) is 3.93. The molecule has 0 saturated carbocycles. The summed E-state index contributed by atoms with van der Waals surface area (Å²) >= 11 is 6.75. The van der Waals surface area contributed by atoms with Crippen LogP contribution in [0.25, 0.3) is 0 Å². The van der Waals surface area contributed by atoms with Gasteiger partial charge < -0.3 is 5.11 Å². The number of aromatic nitrogens is 2. The lowest BCUT2D eigenvalue weighted by Crippen LogP contribution is -2.19. The second kappa shape index (κ2) is 8.29. The number of benzene rings is 2. The molecule has 0 atom stereocenters. The zero-order chi connectivity index (χ0) is 18.5. The maximum absolute atomic E-state index is 12.2. The van der Waals surface area contributed by atoms with Crippen molar-refractivity contribution in [3.63, 3.8) is 0 Å². The van der Waals surface area contributed by atoms with Gasteiger partial charge in [-0.05, 0) is 51.3 Å². The molecule has 1 amide bonds. The smallest absolute Gasteiger partial charge is 0.293 e. The van der Waals surface area contributed by atoms with Gasteiger partial charge in [-0.3, -0.25) is 9.48 Å². The highest BCUT2D eigenvalue weighted by Gasteiger charge is 2.14. The normalized spacial score (nSPS) is 11.0. The Balaban J connectivity index is 1.66. The van der Waals surface area contributed by atoms with E-state index in [1.165, 1.54) is 6.21 Å². The second-order valence-corrected chi connectivity index (χ2v) is 7.21. The quantitative estimate of drug-likeness (QED) is 0.431. The van der Waals surface area contributed by atoms with Crippen LogP contribution < -0.4 is 5.43 Å². The Labute approximate surface area is 166 Å². The van der Waals surface area contributed by atoms with Gasteiger partial charge in [0.05, 0.1) is 17.2 Å². The van der Waals surface area contributed by atoms with Crippen LogP contribution >= 0.6 is 31.9 Å². The summed E-state index contributed by atoms with van der Waals surface area (Å²) in [4.78, 5) is 12.2. The van der Waals surface area contributed by atoms with E-state index in [1.54, 1.807) is 35.1 Å². The summed E-state index contributed by atoms with van der Waals surface area (Å²) in [6.45, 7) is 0.547. The summed E-state index contributed by atoms with van der Waals surface area (Å²) in [5.41, 5.74) is 4.41. The average molecular weight is 478 g/mol. The van der Waals surface area contributed by atoms with Crippen LogP contribution in [0, 0.1) is 0 Å². The van der Waals surface area contributed by atoms with Crippen molar-refractivity contribution in [3.8, 4) is 5.75 Å². The maximum Gasteiger partial charge on any atom is 0.293 e. The molecular weight excluding hydrogens is 464 g/mol. The Kier molecular flexibility index (Phi) is 5.85. The third-order valence-electron chi connectivity index (χ3n) is 3.44. The van der Waals surface area contributed by atoms with Gasteiger partial charge in [0, 0.05) is 10.7 Å². The molecule has 1 heterocycles. The first kappa shape index (κ1) is 18.3. The molecule has 0 aliphatic rings. The number of hydrogen-bond donors (Lipinski definition) is 2. The molecule has 26 heavy (non-hydrogen) atoms. The summed E-state index contributed by atoms with van der Waals surface area (Å²) in [6.07, 6.45) is 3.19. The van der Waals surface area contributed by atoms with Crippen LogP contribution in [0.2, 0.25) is 0 Å². The third kappa shape index (κ3) is 4.80. The Morgan fingerprint density at radius 3 is 2.73 bits per heavy atom. The minimum Gasteiger partial charge on any atom is -0.508 e. The van der Waals surface area contributed by atoms with Crippen LogP contribution in [0.3, 0.4) is 0 Å². The van der Waals surface area contributed by atoms with Crippen LogP contribution in [0.15, 0.2) is 68.8 Å². The van der Waals surface area contributed by atoms with E-state index in [9.17, 15) is 9.90 Å². The zero-order valence-electron chi connectivity index (χ0n) is 13.4. The molecule has 2 aromatic carbocycles. The molecule has 2 N–H and O–H groups in total. The largest absolute Gasteiger partial charge is 0.508 e. The predicted molar refractivity (Wildman–Crippen MR) is 106 cm³/mol. The van der Waals surface area contributed by atoms with E-state index in [-0.39, 0.29) is 11.4 Å². The first-order valence-corrected chi connectivity index (χ1v) is 9.20. The summed E-state index contributed by atoms with van der Waals surface area (Å²) in [5.74, 6) is -0.294. The van der Waals surface area contributed by atoms with E-state index in [0.717, 1.165) is 10.0 Å². The molecule has 3 aromatic rings. The van der Waals surface area contributed by atoms with Crippen molar-refractivity contribution < 1.29 is 9.90 Å². The molecule has 3 rings (SSSR count). The Morgan fingerprint density at radius 2 is 2.00 bits per heavy atom. The van der Waals surface area contributed by atoms with Crippen LogP contribution in [0.5, 0.6) is 5.75 Å². The van der Waals surface area contributed by atoms with Crippen LogP contribution in [-0.4, -0.2) is 27.0 Å². The first-order chi connectivity index (χ1) is 12.5. The maximum atomic E-state index is 12.2. The lowest BCUT2D eigenvalue weighted by Gasteiger charge is -2.02. The second-order valence-electron chi connectivity index (χ2n) is 5.44. The molecular formula is C18H14Br2N4O2. The van der Waals surface area contributed by atoms with Gasteiger partial charge in [-0.15, -0.1) is 0 Å². The molecule has 0 bridgehead atoms. The van der Waals surface area contributed by atoms with Gasteiger partial charge in [-0.2, -0.15) is 10.2 Å². The number of hydrogen-bond acceptors (Lipinski definition) is 4. The van der Waals surface area contributed by atoms with Gasteiger partial charge in [-0.1, -0.05) is 40.2 Å². The van der Waals surface area contributed by atoms with Crippen LogP contribution in [-0.2, 0) is 6.54 Å². The minimum atomic E-state index is -0.428. The van der Waals surface area contributed by atoms with Crippen molar-refractivity contribution in [1.29, 1.82) is 0 Å². The Morgan fingerprint density at radius 1 is 1.23 bits per heavy atom. The molecule has 0 unspecified atom stereocenters. The van der Waals surface area contributed by atoms with E-state index < -0.39 is 5.91 Å². The van der Waals surface area contributed by atoms with Gasteiger partial charge in [0.25, 0.3) is 5.91 Å². The number of halogens is 2. The number of phenols is 1. The highest BCUT2D eigenvalue weighted by atomic mass is 79.9. The fraction of sp³-hybridized carbons (Fsp3) is 0.0556. The molecule has 0 spiro atoms. The number of carbonyl (C=O) groups excluding carboxylic acids is 1. The Hall–Kier alpha value is -2.45. The fourth-order valence-corrected chi connectivity index (χ4v) is 2.99. The first-order valence-electron chi connectivity index (χ1n) is 7.61. The number of aromatic hydroxyl groups is 1. The molecule has 0 aliphatic heterocycles. The van der Waals surface area contributed by atoms with Crippen molar-refractivity contribution in [3.05, 3.63) is 80.5 Å². The lowest BCUT2D eigenvalue weighted by molar-refractivity contribution is 0.0948. The van der Waals surface area contributed by atoms with Gasteiger partial charge in [0.1, 0.15) is 5.75 Å². The summed E-state index contributed by atoms with van der Waals surface area (Å²) in [5, 5.41) is 17.6. The van der Waals surface area contributed by atoms with Crippen LogP contribution in [0.4, 0.5) is 0 Å². The summed E-state index contributed by atoms with van der Waals surface area (Å²) in [6, 6.07) is 14.4. The van der Waals surface area contributed by atoms with Gasteiger partial charge >= 0.3 is 0 Å². The van der Waals surface area contributed by atoms with Crippen molar-refractivity contribution >= 4 is 44.0 Å². The van der Waals surface area contributed by atoms with Crippen molar-refractivity contribution in [2.24, 2.45) is 5.10 Å². The number of nitrogens with zero attached hydrogens (tertiary/aromatic N) is 3. The monoisotopic (exact) mass is 476 g/mol. The van der Waals surface area contributed by atoms with Crippen LogP contribution in [0.1, 0.15) is 21.6 Å². The number of rotatable bonds is 5.